The van der Waals surface area contributed by atoms with Gasteiger partial charge in [-0.25, -0.2) is 8.78 Å². The lowest BCUT2D eigenvalue weighted by Crippen LogP contribution is -2.48. The van der Waals surface area contributed by atoms with Gasteiger partial charge in [0.2, 0.25) is 11.8 Å². The number of fused-ring (bicyclic) bond motifs is 1. The van der Waals surface area contributed by atoms with E-state index in [0.717, 1.165) is 17.0 Å². The summed E-state index contributed by atoms with van der Waals surface area (Å²) in [6, 6.07) is 0.376. The van der Waals surface area contributed by atoms with Crippen LogP contribution in [-0.4, -0.2) is 46.4 Å². The summed E-state index contributed by atoms with van der Waals surface area (Å²) in [5.74, 6) is -2.54. The van der Waals surface area contributed by atoms with Crippen molar-refractivity contribution in [1.82, 2.24) is 15.0 Å². The van der Waals surface area contributed by atoms with Crippen LogP contribution >= 0.6 is 0 Å². The smallest absolute Gasteiger partial charge is 0.249 e. The van der Waals surface area contributed by atoms with E-state index in [2.05, 4.69) is 23.9 Å². The topological polar surface area (TPSA) is 49.6 Å². The molecule has 1 aromatic heterocycles. The largest absolute Gasteiger partial charge is 0.361 e. The van der Waals surface area contributed by atoms with Crippen molar-refractivity contribution in [2.45, 2.75) is 58.2 Å². The van der Waals surface area contributed by atoms with Crippen molar-refractivity contribution >= 4 is 5.91 Å². The van der Waals surface area contributed by atoms with Crippen LogP contribution in [0, 0.1) is 5.92 Å². The number of amides is 1. The lowest BCUT2D eigenvalue weighted by Gasteiger charge is -2.38. The van der Waals surface area contributed by atoms with Crippen LogP contribution in [0.1, 0.15) is 43.7 Å². The number of carbonyl (C=O) groups excluding carboxylic acids is 1. The molecule has 0 bridgehead atoms. The molecule has 7 heteroatoms. The van der Waals surface area contributed by atoms with Gasteiger partial charge in [0.05, 0.1) is 6.54 Å². The minimum absolute atomic E-state index is 0.161. The molecule has 0 radical (unpaired) electrons. The van der Waals surface area contributed by atoms with Crippen molar-refractivity contribution in [3.05, 3.63) is 17.0 Å². The summed E-state index contributed by atoms with van der Waals surface area (Å²) in [7, 11) is 2.01. The second-order valence-corrected chi connectivity index (χ2v) is 7.01. The Kier molecular flexibility index (Phi) is 4.16. The van der Waals surface area contributed by atoms with E-state index < -0.39 is 11.8 Å². The normalized spacial score (nSPS) is 20.7. The van der Waals surface area contributed by atoms with Crippen molar-refractivity contribution in [1.29, 1.82) is 0 Å². The first-order valence-electron chi connectivity index (χ1n) is 8.10. The van der Waals surface area contributed by atoms with Crippen LogP contribution in [-0.2, 0) is 24.3 Å². The fraction of sp³-hybridized carbons (Fsp3) is 0.750. The standard InChI is InChI=1S/C16H23F2N3O2/c1-10(2)20(3)9-13-12-8-21(5-4-14(12)23-19-13)15(22)11-6-16(17,18)7-11/h10-11H,4-9H2,1-3H3. The highest BCUT2D eigenvalue weighted by Crippen LogP contribution is 2.43. The molecule has 128 valence electrons. The average Bonchev–Trinajstić information content (AvgIpc) is 2.86. The van der Waals surface area contributed by atoms with Gasteiger partial charge >= 0.3 is 0 Å². The molecular weight excluding hydrogens is 304 g/mol. The molecule has 0 N–H and O–H groups in total. The van der Waals surface area contributed by atoms with Gasteiger partial charge in [0.15, 0.2) is 0 Å². The summed E-state index contributed by atoms with van der Waals surface area (Å²) in [4.78, 5) is 16.2. The highest BCUT2D eigenvalue weighted by molar-refractivity contribution is 5.80. The summed E-state index contributed by atoms with van der Waals surface area (Å²) in [6.07, 6.45) is -0.0356. The SMILES string of the molecule is CC(C)N(C)Cc1noc2c1CN(C(=O)C1CC(F)(F)C1)CC2. The Morgan fingerprint density at radius 1 is 1.48 bits per heavy atom. The van der Waals surface area contributed by atoms with Gasteiger partial charge in [0.25, 0.3) is 0 Å². The number of alkyl halides is 2. The van der Waals surface area contributed by atoms with Crippen molar-refractivity contribution in [3.63, 3.8) is 0 Å². The first-order valence-corrected chi connectivity index (χ1v) is 8.10. The molecule has 1 aliphatic carbocycles. The first-order chi connectivity index (χ1) is 10.8. The molecule has 0 unspecified atom stereocenters. The van der Waals surface area contributed by atoms with E-state index in [4.69, 9.17) is 4.52 Å². The second-order valence-electron chi connectivity index (χ2n) is 7.01. The summed E-state index contributed by atoms with van der Waals surface area (Å²) in [5, 5.41) is 4.14. The minimum Gasteiger partial charge on any atom is -0.361 e. The third-order valence-electron chi connectivity index (χ3n) is 4.94. The Bertz CT molecular complexity index is 592. The zero-order chi connectivity index (χ0) is 16.8. The number of halogens is 2. The molecule has 3 rings (SSSR count). The van der Waals surface area contributed by atoms with Gasteiger partial charge < -0.3 is 9.42 Å². The van der Waals surface area contributed by atoms with Crippen LogP contribution in [0.3, 0.4) is 0 Å². The highest BCUT2D eigenvalue weighted by atomic mass is 19.3. The quantitative estimate of drug-likeness (QED) is 0.852. The number of hydrogen-bond donors (Lipinski definition) is 0. The van der Waals surface area contributed by atoms with Gasteiger partial charge in [0.1, 0.15) is 11.5 Å². The Hall–Kier alpha value is -1.50. The van der Waals surface area contributed by atoms with E-state index in [9.17, 15) is 13.6 Å². The maximum Gasteiger partial charge on any atom is 0.249 e. The van der Waals surface area contributed by atoms with Crippen LogP contribution in [0.15, 0.2) is 4.52 Å². The minimum atomic E-state index is -2.66. The van der Waals surface area contributed by atoms with Crippen molar-refractivity contribution in [2.75, 3.05) is 13.6 Å². The van der Waals surface area contributed by atoms with Crippen LogP contribution in [0.25, 0.3) is 0 Å². The Balaban J connectivity index is 1.68. The van der Waals surface area contributed by atoms with E-state index >= 15 is 0 Å². The van der Waals surface area contributed by atoms with E-state index in [1.165, 1.54) is 0 Å². The third kappa shape index (κ3) is 3.24. The molecule has 5 nitrogen and oxygen atoms in total. The highest BCUT2D eigenvalue weighted by Gasteiger charge is 2.50. The van der Waals surface area contributed by atoms with Gasteiger partial charge in [-0.05, 0) is 20.9 Å². The Labute approximate surface area is 134 Å². The maximum absolute atomic E-state index is 13.0. The van der Waals surface area contributed by atoms with Crippen molar-refractivity contribution in [3.8, 4) is 0 Å². The molecule has 23 heavy (non-hydrogen) atoms. The first kappa shape index (κ1) is 16.4. The fourth-order valence-electron chi connectivity index (χ4n) is 3.09. The molecule has 2 heterocycles. The summed E-state index contributed by atoms with van der Waals surface area (Å²) in [5.41, 5.74) is 1.79. The number of aromatic nitrogens is 1. The van der Waals surface area contributed by atoms with Crippen LogP contribution in [0.5, 0.6) is 0 Å². The van der Waals surface area contributed by atoms with Gasteiger partial charge in [-0.2, -0.15) is 0 Å². The van der Waals surface area contributed by atoms with E-state index in [-0.39, 0.29) is 18.7 Å². The average molecular weight is 327 g/mol. The lowest BCUT2D eigenvalue weighted by molar-refractivity contribution is -0.160. The molecule has 0 spiro atoms. The predicted octanol–water partition coefficient (Wildman–Crippen LogP) is 2.44. The fourth-order valence-corrected chi connectivity index (χ4v) is 3.09. The number of nitrogens with zero attached hydrogens (tertiary/aromatic N) is 3. The van der Waals surface area contributed by atoms with Crippen LogP contribution in [0.4, 0.5) is 8.78 Å². The number of hydrogen-bond acceptors (Lipinski definition) is 4. The maximum atomic E-state index is 13.0. The van der Waals surface area contributed by atoms with Gasteiger partial charge in [-0.1, -0.05) is 5.16 Å². The lowest BCUT2D eigenvalue weighted by atomic mass is 9.80. The summed E-state index contributed by atoms with van der Waals surface area (Å²) in [6.45, 7) is 5.78. The Morgan fingerprint density at radius 3 is 2.78 bits per heavy atom. The second kappa shape index (κ2) is 5.85. The molecule has 0 saturated heterocycles. The van der Waals surface area contributed by atoms with E-state index in [0.29, 0.717) is 32.1 Å². The molecule has 0 atom stereocenters. The van der Waals surface area contributed by atoms with E-state index in [1.807, 2.05) is 7.05 Å². The molecule has 2 aliphatic rings. The van der Waals surface area contributed by atoms with Gasteiger partial charge in [0, 0.05) is 49.9 Å². The molecule has 1 saturated carbocycles. The van der Waals surface area contributed by atoms with E-state index in [1.54, 1.807) is 4.90 Å². The molecule has 0 aromatic carbocycles. The molecular formula is C16H23F2N3O2. The summed E-state index contributed by atoms with van der Waals surface area (Å²) >= 11 is 0. The van der Waals surface area contributed by atoms with Gasteiger partial charge in [-0.15, -0.1) is 0 Å². The summed E-state index contributed by atoms with van der Waals surface area (Å²) < 4.78 is 31.4. The number of carbonyl (C=O) groups is 1. The molecule has 1 aliphatic heterocycles. The third-order valence-corrected chi connectivity index (χ3v) is 4.94. The van der Waals surface area contributed by atoms with Crippen molar-refractivity contribution in [2.24, 2.45) is 5.92 Å². The van der Waals surface area contributed by atoms with Gasteiger partial charge in [-0.3, -0.25) is 9.69 Å². The zero-order valence-corrected chi connectivity index (χ0v) is 13.8. The zero-order valence-electron chi connectivity index (χ0n) is 13.8. The van der Waals surface area contributed by atoms with Crippen molar-refractivity contribution < 1.29 is 18.1 Å². The van der Waals surface area contributed by atoms with Crippen LogP contribution < -0.4 is 0 Å². The molecule has 1 amide bonds. The molecule has 1 aromatic rings. The van der Waals surface area contributed by atoms with Crippen LogP contribution in [0.2, 0.25) is 0 Å². The predicted molar refractivity (Wildman–Crippen MR) is 79.9 cm³/mol. The Morgan fingerprint density at radius 2 is 2.17 bits per heavy atom. The molecule has 1 fully saturated rings. The number of rotatable bonds is 4. The monoisotopic (exact) mass is 327 g/mol.